The Kier molecular flexibility index (Phi) is 2.18. The predicted octanol–water partition coefficient (Wildman–Crippen LogP) is 1.88. The highest BCUT2D eigenvalue weighted by molar-refractivity contribution is 5.60. The molecule has 0 aliphatic heterocycles. The zero-order valence-corrected chi connectivity index (χ0v) is 7.90. The van der Waals surface area contributed by atoms with Crippen molar-refractivity contribution in [2.75, 3.05) is 5.73 Å². The molecule has 0 radical (unpaired) electrons. The molecule has 0 fully saturated rings. The number of aromatic nitrogens is 2. The fourth-order valence-electron chi connectivity index (χ4n) is 1.19. The summed E-state index contributed by atoms with van der Waals surface area (Å²) in [5.74, 6) is 1.23. The van der Waals surface area contributed by atoms with Crippen LogP contribution >= 0.6 is 0 Å². The molecule has 0 bridgehead atoms. The largest absolute Gasteiger partial charge is 0.399 e. The molecular formula is C10H11N3O. The van der Waals surface area contributed by atoms with Crippen LogP contribution in [0.15, 0.2) is 28.8 Å². The Bertz CT molecular complexity index is 436. The van der Waals surface area contributed by atoms with Crippen LogP contribution in [0.25, 0.3) is 11.4 Å². The summed E-state index contributed by atoms with van der Waals surface area (Å²) in [4.78, 5) is 4.21. The first-order valence-electron chi connectivity index (χ1n) is 4.48. The molecule has 0 spiro atoms. The van der Waals surface area contributed by atoms with E-state index >= 15 is 0 Å². The van der Waals surface area contributed by atoms with Gasteiger partial charge in [0.1, 0.15) is 0 Å². The normalized spacial score (nSPS) is 10.4. The summed E-state index contributed by atoms with van der Waals surface area (Å²) in [6.07, 6.45) is 0.745. The smallest absolute Gasteiger partial charge is 0.226 e. The van der Waals surface area contributed by atoms with Crippen LogP contribution in [0.5, 0.6) is 0 Å². The van der Waals surface area contributed by atoms with E-state index in [1.807, 2.05) is 31.2 Å². The van der Waals surface area contributed by atoms with Crippen LogP contribution in [0.3, 0.4) is 0 Å². The summed E-state index contributed by atoms with van der Waals surface area (Å²) < 4.78 is 5.01. The third-order valence-electron chi connectivity index (χ3n) is 1.92. The molecule has 2 rings (SSSR count). The van der Waals surface area contributed by atoms with E-state index in [1.165, 1.54) is 0 Å². The molecule has 0 saturated carbocycles. The number of nitrogens with two attached hydrogens (primary N) is 1. The van der Waals surface area contributed by atoms with Gasteiger partial charge in [0.15, 0.2) is 0 Å². The Balaban J connectivity index is 2.39. The van der Waals surface area contributed by atoms with Crippen molar-refractivity contribution >= 4 is 5.69 Å². The quantitative estimate of drug-likeness (QED) is 0.732. The van der Waals surface area contributed by atoms with Crippen LogP contribution in [0.4, 0.5) is 5.69 Å². The van der Waals surface area contributed by atoms with Crippen LogP contribution in [0, 0.1) is 0 Å². The molecule has 1 aromatic carbocycles. The predicted molar refractivity (Wildman–Crippen MR) is 53.5 cm³/mol. The third-order valence-corrected chi connectivity index (χ3v) is 1.92. The third kappa shape index (κ3) is 1.59. The Morgan fingerprint density at radius 3 is 2.93 bits per heavy atom. The second-order valence-electron chi connectivity index (χ2n) is 2.99. The van der Waals surface area contributed by atoms with E-state index < -0.39 is 0 Å². The Labute approximate surface area is 81.7 Å². The van der Waals surface area contributed by atoms with Gasteiger partial charge in [0.2, 0.25) is 11.7 Å². The molecule has 1 aromatic heterocycles. The summed E-state index contributed by atoms with van der Waals surface area (Å²) >= 11 is 0. The minimum atomic E-state index is 0.592. The van der Waals surface area contributed by atoms with Crippen molar-refractivity contribution in [3.63, 3.8) is 0 Å². The van der Waals surface area contributed by atoms with Crippen molar-refractivity contribution < 1.29 is 4.52 Å². The highest BCUT2D eigenvalue weighted by atomic mass is 16.5. The van der Waals surface area contributed by atoms with Crippen molar-refractivity contribution in [3.8, 4) is 11.4 Å². The maximum atomic E-state index is 5.65. The van der Waals surface area contributed by atoms with Gasteiger partial charge < -0.3 is 10.3 Å². The molecule has 72 valence electrons. The molecule has 2 aromatic rings. The molecule has 0 saturated heterocycles. The molecule has 0 atom stereocenters. The number of nitrogen functional groups attached to an aromatic ring is 1. The zero-order chi connectivity index (χ0) is 9.97. The van der Waals surface area contributed by atoms with Crippen molar-refractivity contribution in [2.45, 2.75) is 13.3 Å². The van der Waals surface area contributed by atoms with E-state index in [0.29, 0.717) is 17.4 Å². The highest BCUT2D eigenvalue weighted by Gasteiger charge is 2.06. The van der Waals surface area contributed by atoms with Gasteiger partial charge in [0.05, 0.1) is 0 Å². The lowest BCUT2D eigenvalue weighted by molar-refractivity contribution is 0.383. The molecule has 1 heterocycles. The summed E-state index contributed by atoms with van der Waals surface area (Å²) in [5, 5.41) is 3.86. The second-order valence-corrected chi connectivity index (χ2v) is 2.99. The van der Waals surface area contributed by atoms with E-state index in [-0.39, 0.29) is 0 Å². The first kappa shape index (κ1) is 8.74. The van der Waals surface area contributed by atoms with Gasteiger partial charge in [0.25, 0.3) is 0 Å². The number of benzene rings is 1. The summed E-state index contributed by atoms with van der Waals surface area (Å²) in [7, 11) is 0. The van der Waals surface area contributed by atoms with Gasteiger partial charge in [-0.15, -0.1) is 0 Å². The van der Waals surface area contributed by atoms with Crippen LogP contribution in [-0.4, -0.2) is 10.1 Å². The van der Waals surface area contributed by atoms with Gasteiger partial charge in [-0.2, -0.15) is 4.98 Å². The maximum Gasteiger partial charge on any atom is 0.226 e. The Morgan fingerprint density at radius 1 is 1.43 bits per heavy atom. The number of hydrogen-bond acceptors (Lipinski definition) is 4. The van der Waals surface area contributed by atoms with Crippen LogP contribution < -0.4 is 5.73 Å². The van der Waals surface area contributed by atoms with Crippen molar-refractivity contribution in [3.05, 3.63) is 30.2 Å². The van der Waals surface area contributed by atoms with Crippen molar-refractivity contribution in [2.24, 2.45) is 0 Å². The summed E-state index contributed by atoms with van der Waals surface area (Å²) in [6, 6.07) is 7.42. The number of aryl methyl sites for hydroxylation is 1. The maximum absolute atomic E-state index is 5.65. The first-order valence-corrected chi connectivity index (χ1v) is 4.48. The van der Waals surface area contributed by atoms with Gasteiger partial charge in [-0.25, -0.2) is 0 Å². The molecule has 14 heavy (non-hydrogen) atoms. The van der Waals surface area contributed by atoms with E-state index in [0.717, 1.165) is 12.0 Å². The topological polar surface area (TPSA) is 64.9 Å². The lowest BCUT2D eigenvalue weighted by Gasteiger charge is -1.94. The fraction of sp³-hybridized carbons (Fsp3) is 0.200. The molecule has 0 aliphatic rings. The minimum absolute atomic E-state index is 0.592. The van der Waals surface area contributed by atoms with Crippen LogP contribution in [0.2, 0.25) is 0 Å². The van der Waals surface area contributed by atoms with E-state index in [1.54, 1.807) is 0 Å². The van der Waals surface area contributed by atoms with Crippen molar-refractivity contribution in [1.29, 1.82) is 0 Å². The fourth-order valence-corrected chi connectivity index (χ4v) is 1.19. The molecule has 0 unspecified atom stereocenters. The highest BCUT2D eigenvalue weighted by Crippen LogP contribution is 2.18. The molecule has 2 N–H and O–H groups in total. The van der Waals surface area contributed by atoms with Gasteiger partial charge in [0, 0.05) is 17.7 Å². The van der Waals surface area contributed by atoms with Gasteiger partial charge in [-0.1, -0.05) is 24.2 Å². The summed E-state index contributed by atoms with van der Waals surface area (Å²) in [5.41, 5.74) is 7.23. The van der Waals surface area contributed by atoms with Crippen molar-refractivity contribution in [1.82, 2.24) is 10.1 Å². The Hall–Kier alpha value is -1.84. The van der Waals surface area contributed by atoms with Crippen LogP contribution in [0.1, 0.15) is 12.8 Å². The summed E-state index contributed by atoms with van der Waals surface area (Å²) in [6.45, 7) is 1.97. The number of nitrogens with zero attached hydrogens (tertiary/aromatic N) is 2. The molecule has 4 heteroatoms. The second kappa shape index (κ2) is 3.49. The van der Waals surface area contributed by atoms with Crippen LogP contribution in [-0.2, 0) is 6.42 Å². The zero-order valence-electron chi connectivity index (χ0n) is 7.90. The lowest BCUT2D eigenvalue weighted by Crippen LogP contribution is -1.86. The number of anilines is 1. The van der Waals surface area contributed by atoms with Gasteiger partial charge in [-0.05, 0) is 12.1 Å². The minimum Gasteiger partial charge on any atom is -0.399 e. The lowest BCUT2D eigenvalue weighted by atomic mass is 10.2. The van der Waals surface area contributed by atoms with E-state index in [2.05, 4.69) is 10.1 Å². The molecule has 0 amide bonds. The molecule has 4 nitrogen and oxygen atoms in total. The SMILES string of the molecule is CCc1nc(-c2cccc(N)c2)no1. The average Bonchev–Trinajstić information content (AvgIpc) is 2.66. The molecular weight excluding hydrogens is 178 g/mol. The first-order chi connectivity index (χ1) is 6.79. The number of hydrogen-bond donors (Lipinski definition) is 1. The van der Waals surface area contributed by atoms with Gasteiger partial charge in [-0.3, -0.25) is 0 Å². The Morgan fingerprint density at radius 2 is 2.29 bits per heavy atom. The van der Waals surface area contributed by atoms with E-state index in [4.69, 9.17) is 10.3 Å². The average molecular weight is 189 g/mol. The molecule has 0 aliphatic carbocycles. The standard InChI is InChI=1S/C10H11N3O/c1-2-9-12-10(13-14-9)7-4-3-5-8(11)6-7/h3-6H,2,11H2,1H3. The number of rotatable bonds is 2. The van der Waals surface area contributed by atoms with E-state index in [9.17, 15) is 0 Å². The van der Waals surface area contributed by atoms with Gasteiger partial charge >= 0.3 is 0 Å². The monoisotopic (exact) mass is 189 g/mol.